The van der Waals surface area contributed by atoms with Gasteiger partial charge in [0.1, 0.15) is 12.3 Å². The van der Waals surface area contributed by atoms with E-state index in [4.69, 9.17) is 0 Å². The zero-order valence-corrected chi connectivity index (χ0v) is 3.10. The molecule has 0 aliphatic carbocycles. The van der Waals surface area contributed by atoms with Gasteiger partial charge in [-0.15, -0.1) is 3.89 Å². The minimum atomic E-state index is 0.106. The molecule has 4 heavy (non-hydrogen) atoms. The monoisotopic (exact) mass is 81.0 g/mol. The fourth-order valence-electron chi connectivity index (χ4n) is 0. The highest BCUT2D eigenvalue weighted by molar-refractivity contribution is 7.92. The number of rotatable bonds is 1. The lowest BCUT2D eigenvalue weighted by molar-refractivity contribution is 0.918. The SMILES string of the molecule is CNSF. The van der Waals surface area contributed by atoms with Crippen molar-refractivity contribution in [3.63, 3.8) is 0 Å². The predicted octanol–water partition coefficient (Wildman–Crippen LogP) is 0.738. The molecule has 26 valence electrons. The van der Waals surface area contributed by atoms with Gasteiger partial charge in [-0.05, 0) is 7.05 Å². The molecule has 0 aromatic heterocycles. The van der Waals surface area contributed by atoms with E-state index in [1.807, 2.05) is 0 Å². The van der Waals surface area contributed by atoms with Crippen LogP contribution in [0.1, 0.15) is 0 Å². The van der Waals surface area contributed by atoms with E-state index < -0.39 is 0 Å². The number of halogens is 1. The third-order valence-corrected chi connectivity index (χ3v) is 0.231. The maximum atomic E-state index is 10.5. The topological polar surface area (TPSA) is 12.0 Å². The summed E-state index contributed by atoms with van der Waals surface area (Å²) in [6, 6.07) is 0. The molecule has 0 atom stereocenters. The Hall–Kier alpha value is 0.240. The van der Waals surface area contributed by atoms with E-state index in [1.54, 1.807) is 0 Å². The minimum absolute atomic E-state index is 0.106. The minimum Gasteiger partial charge on any atom is -0.239 e. The standard InChI is InChI=1S/CH4FNS/c1-3-4-2/h3H,1H3. The van der Waals surface area contributed by atoms with Crippen molar-refractivity contribution in [2.45, 2.75) is 0 Å². The second kappa shape index (κ2) is 3.24. The average Bonchev–Trinajstić information content (AvgIpc) is 1.37. The van der Waals surface area contributed by atoms with E-state index >= 15 is 0 Å². The largest absolute Gasteiger partial charge is 0.239 e. The van der Waals surface area contributed by atoms with Crippen LogP contribution in [-0.2, 0) is 0 Å². The molecule has 0 saturated carbocycles. The Kier molecular flexibility index (Phi) is 3.43. The van der Waals surface area contributed by atoms with Crippen molar-refractivity contribution in [3.05, 3.63) is 0 Å². The maximum absolute atomic E-state index is 10.5. The van der Waals surface area contributed by atoms with Gasteiger partial charge in [-0.3, -0.25) is 0 Å². The van der Waals surface area contributed by atoms with Crippen molar-refractivity contribution in [2.24, 2.45) is 0 Å². The van der Waals surface area contributed by atoms with Crippen molar-refractivity contribution < 1.29 is 3.89 Å². The lowest BCUT2D eigenvalue weighted by Gasteiger charge is -1.69. The molecule has 0 amide bonds. The van der Waals surface area contributed by atoms with Crippen molar-refractivity contribution in [3.8, 4) is 0 Å². The first kappa shape index (κ1) is 4.24. The first-order chi connectivity index (χ1) is 1.91. The van der Waals surface area contributed by atoms with Gasteiger partial charge in [-0.1, -0.05) is 0 Å². The summed E-state index contributed by atoms with van der Waals surface area (Å²) in [6.45, 7) is 0. The van der Waals surface area contributed by atoms with Crippen LogP contribution in [0, 0.1) is 0 Å². The van der Waals surface area contributed by atoms with Crippen LogP contribution >= 0.6 is 12.3 Å². The predicted molar refractivity (Wildman–Crippen MR) is 17.8 cm³/mol. The molecule has 0 fully saturated rings. The Labute approximate surface area is 29.0 Å². The van der Waals surface area contributed by atoms with Crippen LogP contribution in [0.3, 0.4) is 0 Å². The van der Waals surface area contributed by atoms with Crippen LogP contribution in [0.4, 0.5) is 3.89 Å². The first-order valence-electron chi connectivity index (χ1n) is 0.858. The van der Waals surface area contributed by atoms with Crippen molar-refractivity contribution >= 4 is 12.3 Å². The zero-order chi connectivity index (χ0) is 3.41. The molecule has 0 aromatic rings. The summed E-state index contributed by atoms with van der Waals surface area (Å²) in [5, 5.41) is 0. The van der Waals surface area contributed by atoms with E-state index in [1.165, 1.54) is 7.05 Å². The molecule has 0 spiro atoms. The molecule has 0 radical (unpaired) electrons. The maximum Gasteiger partial charge on any atom is 0.131 e. The molecule has 0 bridgehead atoms. The lowest BCUT2D eigenvalue weighted by atomic mass is 11.6. The van der Waals surface area contributed by atoms with E-state index in [0.717, 1.165) is 0 Å². The second-order valence-corrected chi connectivity index (χ2v) is 0.844. The van der Waals surface area contributed by atoms with Gasteiger partial charge in [0.2, 0.25) is 0 Å². The molecule has 0 rings (SSSR count). The summed E-state index contributed by atoms with van der Waals surface area (Å²) in [4.78, 5) is 0. The molecule has 1 N–H and O–H groups in total. The van der Waals surface area contributed by atoms with Gasteiger partial charge in [0.05, 0.1) is 0 Å². The zero-order valence-electron chi connectivity index (χ0n) is 2.29. The lowest BCUT2D eigenvalue weighted by Crippen LogP contribution is -1.82. The summed E-state index contributed by atoms with van der Waals surface area (Å²) >= 11 is 0.106. The Morgan fingerprint density at radius 2 is 2.25 bits per heavy atom. The number of nitrogens with one attached hydrogen (secondary N) is 1. The highest BCUT2D eigenvalue weighted by atomic mass is 32.2. The van der Waals surface area contributed by atoms with Gasteiger partial charge >= 0.3 is 0 Å². The molecule has 0 heterocycles. The van der Waals surface area contributed by atoms with Crippen LogP contribution in [0.15, 0.2) is 0 Å². The number of hydrogen-bond donors (Lipinski definition) is 1. The quantitative estimate of drug-likeness (QED) is 0.467. The highest BCUT2D eigenvalue weighted by Gasteiger charge is 1.57. The van der Waals surface area contributed by atoms with Gasteiger partial charge in [0, 0.05) is 0 Å². The molecular formula is CH4FNS. The van der Waals surface area contributed by atoms with Gasteiger partial charge in [0.15, 0.2) is 0 Å². The normalized spacial score (nSPS) is 7.50. The molecule has 0 saturated heterocycles. The van der Waals surface area contributed by atoms with Gasteiger partial charge in [0.25, 0.3) is 0 Å². The third-order valence-electron chi connectivity index (χ3n) is 0.0772. The fraction of sp³-hybridized carbons (Fsp3) is 1.00. The Morgan fingerprint density at radius 3 is 2.25 bits per heavy atom. The van der Waals surface area contributed by atoms with E-state index in [9.17, 15) is 3.89 Å². The van der Waals surface area contributed by atoms with Gasteiger partial charge < -0.3 is 0 Å². The molecule has 0 aromatic carbocycles. The molecular weight excluding hydrogens is 77.1 g/mol. The molecule has 1 nitrogen and oxygen atoms in total. The van der Waals surface area contributed by atoms with Crippen LogP contribution in [0.5, 0.6) is 0 Å². The highest BCUT2D eigenvalue weighted by Crippen LogP contribution is 1.84. The summed E-state index contributed by atoms with van der Waals surface area (Å²) in [6.07, 6.45) is 0. The van der Waals surface area contributed by atoms with Crippen LogP contribution in [0.25, 0.3) is 0 Å². The van der Waals surface area contributed by atoms with Crippen molar-refractivity contribution in [2.75, 3.05) is 7.05 Å². The molecule has 3 heteroatoms. The third kappa shape index (κ3) is 2.24. The summed E-state index contributed by atoms with van der Waals surface area (Å²) in [7, 11) is 1.52. The van der Waals surface area contributed by atoms with Crippen LogP contribution in [0.2, 0.25) is 0 Å². The summed E-state index contributed by atoms with van der Waals surface area (Å²) in [5.41, 5.74) is 0. The summed E-state index contributed by atoms with van der Waals surface area (Å²) in [5.74, 6) is 0. The Balaban J connectivity index is 1.97. The van der Waals surface area contributed by atoms with Crippen molar-refractivity contribution in [1.29, 1.82) is 0 Å². The van der Waals surface area contributed by atoms with Crippen LogP contribution < -0.4 is 4.72 Å². The fourth-order valence-corrected chi connectivity index (χ4v) is 0. The van der Waals surface area contributed by atoms with Gasteiger partial charge in [-0.2, -0.15) is 0 Å². The molecule has 0 aliphatic heterocycles. The molecule has 0 aliphatic rings. The Bertz CT molecular complexity index is 10.0. The number of hydrogen-bond acceptors (Lipinski definition) is 2. The van der Waals surface area contributed by atoms with E-state index in [2.05, 4.69) is 4.72 Å². The second-order valence-electron chi connectivity index (χ2n) is 0.281. The van der Waals surface area contributed by atoms with Crippen molar-refractivity contribution in [1.82, 2.24) is 4.72 Å². The summed E-state index contributed by atoms with van der Waals surface area (Å²) < 4.78 is 12.7. The molecule has 0 unspecified atom stereocenters. The Morgan fingerprint density at radius 1 is 2.00 bits per heavy atom. The van der Waals surface area contributed by atoms with E-state index in [-0.39, 0.29) is 12.3 Å². The first-order valence-corrected chi connectivity index (χ1v) is 1.58. The van der Waals surface area contributed by atoms with E-state index in [0.29, 0.717) is 0 Å². The van der Waals surface area contributed by atoms with Crippen LogP contribution in [-0.4, -0.2) is 7.05 Å². The smallest absolute Gasteiger partial charge is 0.131 e. The average molecular weight is 81.1 g/mol. The van der Waals surface area contributed by atoms with Gasteiger partial charge in [-0.25, -0.2) is 4.72 Å².